The van der Waals surface area contributed by atoms with E-state index in [2.05, 4.69) is 4.98 Å². The minimum Gasteiger partial charge on any atom is -0.308 e. The average Bonchev–Trinajstić information content (AvgIpc) is 3.11. The monoisotopic (exact) mass is 462 g/mol. The average molecular weight is 463 g/mol. The van der Waals surface area contributed by atoms with E-state index in [0.29, 0.717) is 34.0 Å². The summed E-state index contributed by atoms with van der Waals surface area (Å²) in [5.74, 6) is -0.226. The highest BCUT2D eigenvalue weighted by Gasteiger charge is 2.23. The molecule has 0 aliphatic carbocycles. The van der Waals surface area contributed by atoms with E-state index in [1.54, 1.807) is 24.3 Å². The number of sulfone groups is 1. The first-order valence-corrected chi connectivity index (χ1v) is 12.0. The minimum absolute atomic E-state index is 0.0415. The summed E-state index contributed by atoms with van der Waals surface area (Å²) in [5.41, 5.74) is 0.950. The maximum absolute atomic E-state index is 13.1. The number of hydrogen-bond donors (Lipinski definition) is 0. The Bertz CT molecular complexity index is 1220. The van der Waals surface area contributed by atoms with Gasteiger partial charge in [0.15, 0.2) is 15.0 Å². The molecule has 1 aromatic heterocycles. The van der Waals surface area contributed by atoms with Gasteiger partial charge in [-0.15, -0.1) is 0 Å². The van der Waals surface area contributed by atoms with Crippen LogP contribution in [0.2, 0.25) is 0 Å². The number of hydrogen-bond acceptors (Lipinski definition) is 8. The first-order chi connectivity index (χ1) is 14.6. The van der Waals surface area contributed by atoms with Crippen molar-refractivity contribution in [1.82, 2.24) is 9.88 Å². The molecule has 0 aliphatic rings. The number of nitro benzene ring substituents is 1. The quantitative estimate of drug-likeness (QED) is 0.373. The smallest absolute Gasteiger partial charge is 0.269 e. The van der Waals surface area contributed by atoms with Gasteiger partial charge in [0.05, 0.1) is 20.9 Å². The summed E-state index contributed by atoms with van der Waals surface area (Å²) in [5, 5.41) is 11.3. The van der Waals surface area contributed by atoms with Gasteiger partial charge in [-0.25, -0.2) is 13.4 Å². The minimum atomic E-state index is -3.47. The highest BCUT2D eigenvalue weighted by molar-refractivity contribution is 7.91. The molecule has 3 aromatic rings. The summed E-state index contributed by atoms with van der Waals surface area (Å²) in [4.78, 5) is 31.6. The van der Waals surface area contributed by atoms with Gasteiger partial charge >= 0.3 is 0 Å². The Kier molecular flexibility index (Phi) is 6.68. The first-order valence-electron chi connectivity index (χ1n) is 9.34. The molecule has 1 heterocycles. The third kappa shape index (κ3) is 5.43. The van der Waals surface area contributed by atoms with Crippen molar-refractivity contribution < 1.29 is 18.1 Å². The molecule has 0 aliphatic heterocycles. The maximum Gasteiger partial charge on any atom is 0.269 e. The lowest BCUT2D eigenvalue weighted by atomic mass is 10.1. The second kappa shape index (κ2) is 9.08. The largest absolute Gasteiger partial charge is 0.308 e. The molecule has 0 radical (unpaired) electrons. The summed E-state index contributed by atoms with van der Waals surface area (Å²) in [6.45, 7) is 0.952. The van der Waals surface area contributed by atoms with E-state index in [1.165, 1.54) is 34.4 Å². The normalized spacial score (nSPS) is 11.7. The molecule has 164 valence electrons. The van der Waals surface area contributed by atoms with Gasteiger partial charge < -0.3 is 4.90 Å². The van der Waals surface area contributed by atoms with E-state index in [9.17, 15) is 23.3 Å². The Balaban J connectivity index is 1.95. The van der Waals surface area contributed by atoms with Gasteiger partial charge in [-0.1, -0.05) is 29.5 Å². The lowest BCUT2D eigenvalue weighted by Crippen LogP contribution is -2.37. The molecule has 0 N–H and O–H groups in total. The van der Waals surface area contributed by atoms with E-state index in [1.807, 2.05) is 19.0 Å². The fourth-order valence-corrected chi connectivity index (χ4v) is 4.89. The number of rotatable bonds is 8. The van der Waals surface area contributed by atoms with Crippen LogP contribution in [0.1, 0.15) is 5.56 Å². The second-order valence-electron chi connectivity index (χ2n) is 7.32. The zero-order valence-electron chi connectivity index (χ0n) is 17.3. The molecule has 0 saturated heterocycles. The Labute approximate surface area is 184 Å². The number of nitrogens with zero attached hydrogens (tertiary/aromatic N) is 4. The van der Waals surface area contributed by atoms with E-state index in [0.717, 1.165) is 6.26 Å². The predicted octanol–water partition coefficient (Wildman–Crippen LogP) is 2.75. The van der Waals surface area contributed by atoms with Crippen molar-refractivity contribution in [3.8, 4) is 0 Å². The number of thiazole rings is 1. The van der Waals surface area contributed by atoms with Crippen LogP contribution in [0.5, 0.6) is 0 Å². The molecule has 0 bridgehead atoms. The van der Waals surface area contributed by atoms with Crippen molar-refractivity contribution in [3.63, 3.8) is 0 Å². The topological polar surface area (TPSA) is 114 Å². The van der Waals surface area contributed by atoms with Crippen LogP contribution < -0.4 is 4.90 Å². The molecule has 0 atom stereocenters. The summed E-state index contributed by atoms with van der Waals surface area (Å²) >= 11 is 1.25. The van der Waals surface area contributed by atoms with Crippen LogP contribution in [0, 0.1) is 10.1 Å². The summed E-state index contributed by atoms with van der Waals surface area (Å²) in [7, 11) is 0.306. The number of benzene rings is 2. The number of non-ortho nitro benzene ring substituents is 1. The van der Waals surface area contributed by atoms with Crippen LogP contribution in [0.3, 0.4) is 0 Å². The third-order valence-electron chi connectivity index (χ3n) is 4.58. The van der Waals surface area contributed by atoms with Crippen LogP contribution in [0.15, 0.2) is 47.4 Å². The Hall–Kier alpha value is -2.89. The lowest BCUT2D eigenvalue weighted by molar-refractivity contribution is -0.384. The van der Waals surface area contributed by atoms with Crippen LogP contribution in [-0.2, 0) is 21.1 Å². The molecular weight excluding hydrogens is 440 g/mol. The highest BCUT2D eigenvalue weighted by atomic mass is 32.2. The number of carbonyl (C=O) groups excluding carboxylic acids is 1. The molecule has 0 spiro atoms. The fraction of sp³-hybridized carbons (Fsp3) is 0.300. The van der Waals surface area contributed by atoms with Crippen molar-refractivity contribution >= 4 is 48.1 Å². The molecular formula is C20H22N4O5S2. The molecule has 2 aromatic carbocycles. The van der Waals surface area contributed by atoms with Crippen LogP contribution in [0.25, 0.3) is 10.2 Å². The molecule has 0 fully saturated rings. The fourth-order valence-electron chi connectivity index (χ4n) is 2.96. The van der Waals surface area contributed by atoms with E-state index >= 15 is 0 Å². The number of aromatic nitrogens is 1. The van der Waals surface area contributed by atoms with Crippen molar-refractivity contribution in [2.75, 3.05) is 38.3 Å². The van der Waals surface area contributed by atoms with Gasteiger partial charge in [0, 0.05) is 31.5 Å². The van der Waals surface area contributed by atoms with Crippen molar-refractivity contribution in [1.29, 1.82) is 0 Å². The number of carbonyl (C=O) groups is 1. The summed E-state index contributed by atoms with van der Waals surface area (Å²) in [6.07, 6.45) is 1.17. The zero-order valence-corrected chi connectivity index (χ0v) is 18.9. The lowest BCUT2D eigenvalue weighted by Gasteiger charge is -2.22. The van der Waals surface area contributed by atoms with Gasteiger partial charge in [0.2, 0.25) is 5.91 Å². The number of amides is 1. The molecule has 3 rings (SSSR count). The van der Waals surface area contributed by atoms with Gasteiger partial charge in [-0.05, 0) is 31.8 Å². The van der Waals surface area contributed by atoms with E-state index < -0.39 is 14.8 Å². The SMILES string of the molecule is CN(C)CCN(C(=O)Cc1ccc([N+](=O)[O-])cc1)c1nc2c(S(C)(=O)=O)cccc2s1. The van der Waals surface area contributed by atoms with E-state index in [-0.39, 0.29) is 22.9 Å². The Morgan fingerprint density at radius 2 is 1.81 bits per heavy atom. The molecule has 1 amide bonds. The molecule has 0 unspecified atom stereocenters. The maximum atomic E-state index is 13.1. The predicted molar refractivity (Wildman–Crippen MR) is 120 cm³/mol. The number of para-hydroxylation sites is 1. The van der Waals surface area contributed by atoms with Crippen LogP contribution in [-0.4, -0.2) is 62.6 Å². The molecule has 31 heavy (non-hydrogen) atoms. The van der Waals surface area contributed by atoms with Gasteiger partial charge in [0.25, 0.3) is 5.69 Å². The van der Waals surface area contributed by atoms with Gasteiger partial charge in [-0.3, -0.25) is 19.8 Å². The first kappa shape index (κ1) is 22.8. The number of nitro groups is 1. The van der Waals surface area contributed by atoms with E-state index in [4.69, 9.17) is 0 Å². The third-order valence-corrected chi connectivity index (χ3v) is 6.75. The van der Waals surface area contributed by atoms with Crippen molar-refractivity contribution in [2.45, 2.75) is 11.3 Å². The highest BCUT2D eigenvalue weighted by Crippen LogP contribution is 2.33. The number of likely N-dealkylation sites (N-methyl/N-ethyl adjacent to an activating group) is 1. The Morgan fingerprint density at radius 1 is 1.13 bits per heavy atom. The Morgan fingerprint density at radius 3 is 2.39 bits per heavy atom. The van der Waals surface area contributed by atoms with Crippen LogP contribution in [0.4, 0.5) is 10.8 Å². The second-order valence-corrected chi connectivity index (χ2v) is 10.3. The van der Waals surface area contributed by atoms with Gasteiger partial charge in [-0.2, -0.15) is 0 Å². The summed E-state index contributed by atoms with van der Waals surface area (Å²) in [6, 6.07) is 10.8. The number of anilines is 1. The van der Waals surface area contributed by atoms with Crippen LogP contribution >= 0.6 is 11.3 Å². The zero-order chi connectivity index (χ0) is 22.8. The van der Waals surface area contributed by atoms with Gasteiger partial charge in [0.1, 0.15) is 5.52 Å². The molecule has 11 heteroatoms. The van der Waals surface area contributed by atoms with Crippen molar-refractivity contribution in [2.24, 2.45) is 0 Å². The summed E-state index contributed by atoms with van der Waals surface area (Å²) < 4.78 is 24.9. The standard InChI is InChI=1S/C20H22N4O5S2/c1-22(2)11-12-23(18(25)13-14-7-9-15(10-8-14)24(26)27)20-21-19-16(30-20)5-4-6-17(19)31(3,28)29/h4-10H,11-13H2,1-3H3. The van der Waals surface area contributed by atoms with Crippen molar-refractivity contribution in [3.05, 3.63) is 58.1 Å². The molecule has 9 nitrogen and oxygen atoms in total. The molecule has 0 saturated carbocycles. The number of fused-ring (bicyclic) bond motifs is 1.